The summed E-state index contributed by atoms with van der Waals surface area (Å²) in [5.74, 6) is -0.331. The summed E-state index contributed by atoms with van der Waals surface area (Å²) in [7, 11) is 0. The molecule has 0 aliphatic heterocycles. The summed E-state index contributed by atoms with van der Waals surface area (Å²) < 4.78 is 14.3. The van der Waals surface area contributed by atoms with Crippen LogP contribution in [0.1, 0.15) is 0 Å². The fraction of sp³-hybridized carbons (Fsp3) is 0. The Balaban J connectivity index is 2.96. The Hall–Kier alpha value is -0.430. The molecular weight excluding hydrogens is 364 g/mol. The van der Waals surface area contributed by atoms with E-state index in [2.05, 4.69) is 20.9 Å². The molecule has 0 atom stereocenters. The first-order valence-corrected chi connectivity index (χ1v) is 5.62. The second-order valence-corrected chi connectivity index (χ2v) is 4.81. The van der Waals surface area contributed by atoms with Crippen molar-refractivity contribution >= 4 is 49.4 Å². The summed E-state index contributed by atoms with van der Waals surface area (Å²) in [5.41, 5.74) is 0.454. The first kappa shape index (κ1) is 10.1. The van der Waals surface area contributed by atoms with Gasteiger partial charge in [-0.05, 0) is 50.7 Å². The van der Waals surface area contributed by atoms with Crippen molar-refractivity contribution in [3.63, 3.8) is 0 Å². The lowest BCUT2D eigenvalue weighted by molar-refractivity contribution is 0.623. The number of rotatable bonds is 0. The third-order valence-corrected chi connectivity index (χ3v) is 3.33. The van der Waals surface area contributed by atoms with Crippen LogP contribution < -0.4 is 5.56 Å². The van der Waals surface area contributed by atoms with Crippen molar-refractivity contribution in [2.24, 2.45) is 0 Å². The zero-order valence-corrected chi connectivity index (χ0v) is 10.5. The van der Waals surface area contributed by atoms with Gasteiger partial charge in [0.1, 0.15) is 5.82 Å². The van der Waals surface area contributed by atoms with Gasteiger partial charge in [-0.15, -0.1) is 0 Å². The molecule has 14 heavy (non-hydrogen) atoms. The van der Waals surface area contributed by atoms with Crippen LogP contribution in [0.15, 0.2) is 27.5 Å². The second-order valence-electron chi connectivity index (χ2n) is 2.79. The number of pyridine rings is 1. The van der Waals surface area contributed by atoms with Gasteiger partial charge in [0.2, 0.25) is 5.56 Å². The van der Waals surface area contributed by atoms with Crippen LogP contribution in [0.25, 0.3) is 10.9 Å². The molecule has 0 saturated heterocycles. The summed E-state index contributed by atoms with van der Waals surface area (Å²) in [6.45, 7) is 0. The van der Waals surface area contributed by atoms with Crippen LogP contribution in [0.4, 0.5) is 4.39 Å². The molecule has 0 spiro atoms. The smallest absolute Gasteiger partial charge is 0.249 e. The zero-order chi connectivity index (χ0) is 10.3. The minimum atomic E-state index is -0.331. The Morgan fingerprint density at radius 1 is 1.36 bits per heavy atom. The van der Waals surface area contributed by atoms with E-state index in [1.54, 1.807) is 6.07 Å². The van der Waals surface area contributed by atoms with Crippen molar-refractivity contribution in [1.29, 1.82) is 0 Å². The summed E-state index contributed by atoms with van der Waals surface area (Å²) in [4.78, 5) is 13.8. The number of nitrogens with one attached hydrogen (secondary N) is 1. The van der Waals surface area contributed by atoms with Crippen LogP contribution in [-0.4, -0.2) is 4.98 Å². The number of fused-ring (bicyclic) bond motifs is 1. The van der Waals surface area contributed by atoms with Gasteiger partial charge in [0.05, 0.1) is 9.99 Å². The van der Waals surface area contributed by atoms with Crippen LogP contribution in [0.2, 0.25) is 0 Å². The van der Waals surface area contributed by atoms with Crippen LogP contribution in [0, 0.1) is 9.39 Å². The second kappa shape index (κ2) is 3.62. The van der Waals surface area contributed by atoms with Gasteiger partial charge in [-0.25, -0.2) is 4.39 Å². The van der Waals surface area contributed by atoms with Gasteiger partial charge >= 0.3 is 0 Å². The maximum atomic E-state index is 13.2. The Bertz CT molecular complexity index is 566. The van der Waals surface area contributed by atoms with Crippen LogP contribution in [-0.2, 0) is 0 Å². The lowest BCUT2D eigenvalue weighted by Crippen LogP contribution is -2.05. The quantitative estimate of drug-likeness (QED) is 0.713. The van der Waals surface area contributed by atoms with Crippen molar-refractivity contribution < 1.29 is 4.39 Å². The number of halogens is 3. The van der Waals surface area contributed by atoms with E-state index >= 15 is 0 Å². The molecule has 2 nitrogen and oxygen atoms in total. The molecule has 0 saturated carbocycles. The molecule has 1 heterocycles. The topological polar surface area (TPSA) is 32.9 Å². The molecule has 2 aromatic rings. The predicted molar refractivity (Wildman–Crippen MR) is 64.9 cm³/mol. The Morgan fingerprint density at radius 3 is 2.79 bits per heavy atom. The van der Waals surface area contributed by atoms with E-state index in [0.717, 1.165) is 3.57 Å². The molecule has 72 valence electrons. The summed E-state index contributed by atoms with van der Waals surface area (Å²) in [5, 5.41) is 0.714. The summed E-state index contributed by atoms with van der Waals surface area (Å²) >= 11 is 5.08. The van der Waals surface area contributed by atoms with Crippen molar-refractivity contribution in [3.8, 4) is 0 Å². The van der Waals surface area contributed by atoms with Crippen LogP contribution in [0.3, 0.4) is 0 Å². The number of hydrogen-bond donors (Lipinski definition) is 1. The normalized spacial score (nSPS) is 10.8. The van der Waals surface area contributed by atoms with Gasteiger partial charge in [0.15, 0.2) is 0 Å². The number of aromatic amines is 1. The third kappa shape index (κ3) is 1.70. The van der Waals surface area contributed by atoms with Crippen LogP contribution >= 0.6 is 38.5 Å². The van der Waals surface area contributed by atoms with Crippen molar-refractivity contribution in [3.05, 3.63) is 42.4 Å². The molecule has 1 N–H and O–H groups in total. The van der Waals surface area contributed by atoms with E-state index in [1.165, 1.54) is 12.1 Å². The minimum absolute atomic E-state index is 0.180. The molecule has 0 fully saturated rings. The molecular formula is C9H4BrFINO. The van der Waals surface area contributed by atoms with Crippen molar-refractivity contribution in [1.82, 2.24) is 4.98 Å². The molecule has 5 heteroatoms. The number of hydrogen-bond acceptors (Lipinski definition) is 1. The molecule has 0 unspecified atom stereocenters. The first-order valence-electron chi connectivity index (χ1n) is 3.75. The molecule has 0 bridgehead atoms. The average molecular weight is 368 g/mol. The van der Waals surface area contributed by atoms with E-state index in [9.17, 15) is 9.18 Å². The summed E-state index contributed by atoms with van der Waals surface area (Å²) in [6.07, 6.45) is 0. The van der Waals surface area contributed by atoms with Crippen molar-refractivity contribution in [2.75, 3.05) is 0 Å². The molecule has 0 aliphatic rings. The standard InChI is InChI=1S/C9H4BrFINO/c10-5-2-8-4(1-6(5)11)7(12)3-9(14)13-8/h1-3H,(H,13,14). The monoisotopic (exact) mass is 367 g/mol. The van der Waals surface area contributed by atoms with Gasteiger partial charge in [-0.2, -0.15) is 0 Å². The zero-order valence-electron chi connectivity index (χ0n) is 6.77. The van der Waals surface area contributed by atoms with Gasteiger partial charge in [0.25, 0.3) is 0 Å². The Kier molecular flexibility index (Phi) is 2.61. The van der Waals surface area contributed by atoms with Gasteiger partial charge in [-0.1, -0.05) is 0 Å². The molecule has 1 aromatic heterocycles. The minimum Gasteiger partial charge on any atom is -0.322 e. The maximum absolute atomic E-state index is 13.2. The van der Waals surface area contributed by atoms with Crippen LogP contribution in [0.5, 0.6) is 0 Å². The molecule has 2 rings (SSSR count). The molecule has 1 aromatic carbocycles. The highest BCUT2D eigenvalue weighted by molar-refractivity contribution is 14.1. The Labute approximate surface area is 101 Å². The fourth-order valence-corrected chi connectivity index (χ4v) is 2.28. The van der Waals surface area contributed by atoms with E-state index in [-0.39, 0.29) is 11.4 Å². The molecule has 0 radical (unpaired) electrons. The largest absolute Gasteiger partial charge is 0.322 e. The maximum Gasteiger partial charge on any atom is 0.249 e. The molecule has 0 amide bonds. The first-order chi connectivity index (χ1) is 6.58. The van der Waals surface area contributed by atoms with E-state index in [4.69, 9.17) is 0 Å². The van der Waals surface area contributed by atoms with E-state index in [1.807, 2.05) is 22.6 Å². The highest BCUT2D eigenvalue weighted by Crippen LogP contribution is 2.24. The highest BCUT2D eigenvalue weighted by Gasteiger charge is 2.05. The fourth-order valence-electron chi connectivity index (χ4n) is 1.21. The lowest BCUT2D eigenvalue weighted by atomic mass is 10.2. The van der Waals surface area contributed by atoms with Gasteiger partial charge in [-0.3, -0.25) is 4.79 Å². The Morgan fingerprint density at radius 2 is 2.07 bits per heavy atom. The third-order valence-electron chi connectivity index (χ3n) is 1.83. The average Bonchev–Trinajstić information content (AvgIpc) is 2.08. The van der Waals surface area contributed by atoms with Gasteiger partial charge < -0.3 is 4.98 Å². The SMILES string of the molecule is O=c1cc(I)c2cc(F)c(Br)cc2[nH]1. The van der Waals surface area contributed by atoms with E-state index in [0.29, 0.717) is 15.4 Å². The van der Waals surface area contributed by atoms with Crippen molar-refractivity contribution in [2.45, 2.75) is 0 Å². The lowest BCUT2D eigenvalue weighted by Gasteiger charge is -2.01. The predicted octanol–water partition coefficient (Wildman–Crippen LogP) is 3.03. The number of H-pyrrole nitrogens is 1. The van der Waals surface area contributed by atoms with Gasteiger partial charge in [0, 0.05) is 15.0 Å². The van der Waals surface area contributed by atoms with E-state index < -0.39 is 0 Å². The summed E-state index contributed by atoms with van der Waals surface area (Å²) in [6, 6.07) is 4.40. The number of benzene rings is 1. The number of aromatic nitrogens is 1. The molecule has 0 aliphatic carbocycles. The highest BCUT2D eigenvalue weighted by atomic mass is 127.